The summed E-state index contributed by atoms with van der Waals surface area (Å²) in [6, 6.07) is 3.91. The van der Waals surface area contributed by atoms with Crippen molar-refractivity contribution in [3.05, 3.63) is 34.2 Å². The Morgan fingerprint density at radius 3 is 2.80 bits per heavy atom. The van der Waals surface area contributed by atoms with E-state index in [2.05, 4.69) is 5.18 Å². The molecule has 0 heterocycles. The van der Waals surface area contributed by atoms with E-state index in [1.165, 1.54) is 0 Å². The van der Waals surface area contributed by atoms with E-state index in [1.54, 1.807) is 18.2 Å². The fraction of sp³-hybridized carbons (Fsp3) is 0.300. The number of aliphatic carboxylic acids is 1. The third kappa shape index (κ3) is 2.85. The first kappa shape index (κ1) is 11.3. The van der Waals surface area contributed by atoms with Gasteiger partial charge in [0.25, 0.3) is 0 Å². The van der Waals surface area contributed by atoms with Crippen LogP contribution in [0.3, 0.4) is 0 Å². The molecule has 15 heavy (non-hydrogen) atoms. The number of hydrogen-bond acceptors (Lipinski definition) is 4. The van der Waals surface area contributed by atoms with Crippen molar-refractivity contribution in [3.8, 4) is 0 Å². The quantitative estimate of drug-likeness (QED) is 0.730. The van der Waals surface area contributed by atoms with E-state index < -0.39 is 12.0 Å². The molecule has 0 bridgehead atoms. The number of nitroso groups, excluding NO2 is 1. The number of carboxylic acid groups (broad SMARTS) is 1. The first-order valence-corrected chi connectivity index (χ1v) is 4.46. The number of benzene rings is 1. The normalized spacial score (nSPS) is 12.1. The molecule has 0 aliphatic heterocycles. The Hall–Kier alpha value is -1.75. The second-order valence-corrected chi connectivity index (χ2v) is 3.35. The molecular weight excluding hydrogens is 196 g/mol. The molecule has 0 aromatic heterocycles. The fourth-order valence-electron chi connectivity index (χ4n) is 1.26. The molecule has 1 rings (SSSR count). The number of carbonyl (C=O) groups is 1. The number of nitrogens with zero attached hydrogens (tertiary/aromatic N) is 1. The van der Waals surface area contributed by atoms with Gasteiger partial charge in [0.05, 0.1) is 0 Å². The average Bonchev–Trinajstić information content (AvgIpc) is 2.21. The van der Waals surface area contributed by atoms with Crippen LogP contribution in [0.4, 0.5) is 5.69 Å². The smallest absolute Gasteiger partial charge is 0.320 e. The minimum Gasteiger partial charge on any atom is -0.480 e. The van der Waals surface area contributed by atoms with Crippen molar-refractivity contribution in [2.75, 3.05) is 0 Å². The summed E-state index contributed by atoms with van der Waals surface area (Å²) in [7, 11) is 0. The van der Waals surface area contributed by atoms with Crippen LogP contribution in [0.2, 0.25) is 0 Å². The maximum absolute atomic E-state index is 10.6. The van der Waals surface area contributed by atoms with Gasteiger partial charge in [-0.15, -0.1) is 4.91 Å². The first-order valence-electron chi connectivity index (χ1n) is 4.46. The van der Waals surface area contributed by atoms with Crippen LogP contribution in [-0.4, -0.2) is 17.1 Å². The summed E-state index contributed by atoms with van der Waals surface area (Å²) >= 11 is 0. The number of carboxylic acids is 1. The lowest BCUT2D eigenvalue weighted by Crippen LogP contribution is -2.32. The van der Waals surface area contributed by atoms with E-state index in [4.69, 9.17) is 10.8 Å². The maximum atomic E-state index is 10.6. The lowest BCUT2D eigenvalue weighted by Gasteiger charge is -2.09. The van der Waals surface area contributed by atoms with Crippen molar-refractivity contribution in [3.63, 3.8) is 0 Å². The van der Waals surface area contributed by atoms with E-state index in [0.717, 1.165) is 11.1 Å². The Labute approximate surface area is 86.9 Å². The van der Waals surface area contributed by atoms with Crippen molar-refractivity contribution in [1.29, 1.82) is 0 Å². The summed E-state index contributed by atoms with van der Waals surface area (Å²) in [6.45, 7) is 1.83. The van der Waals surface area contributed by atoms with Crippen molar-refractivity contribution in [2.24, 2.45) is 10.9 Å². The van der Waals surface area contributed by atoms with E-state index in [0.29, 0.717) is 0 Å². The molecule has 1 unspecified atom stereocenters. The highest BCUT2D eigenvalue weighted by Gasteiger charge is 2.13. The Morgan fingerprint density at radius 2 is 2.27 bits per heavy atom. The SMILES string of the molecule is Cc1ccc(N=O)cc1CC(N)C(=O)O. The van der Waals surface area contributed by atoms with Crippen LogP contribution in [0.1, 0.15) is 11.1 Å². The molecule has 1 aromatic rings. The van der Waals surface area contributed by atoms with Gasteiger partial charge in [-0.25, -0.2) is 0 Å². The van der Waals surface area contributed by atoms with Crippen LogP contribution in [0.5, 0.6) is 0 Å². The van der Waals surface area contributed by atoms with E-state index in [9.17, 15) is 9.70 Å². The van der Waals surface area contributed by atoms with Crippen LogP contribution in [0.25, 0.3) is 0 Å². The van der Waals surface area contributed by atoms with Gasteiger partial charge in [-0.2, -0.15) is 0 Å². The van der Waals surface area contributed by atoms with Gasteiger partial charge in [0, 0.05) is 0 Å². The van der Waals surface area contributed by atoms with Crippen LogP contribution in [-0.2, 0) is 11.2 Å². The van der Waals surface area contributed by atoms with Gasteiger partial charge in [0.2, 0.25) is 0 Å². The highest BCUT2D eigenvalue weighted by atomic mass is 16.4. The van der Waals surface area contributed by atoms with Gasteiger partial charge < -0.3 is 10.8 Å². The minimum atomic E-state index is -1.06. The summed E-state index contributed by atoms with van der Waals surface area (Å²) in [4.78, 5) is 20.9. The van der Waals surface area contributed by atoms with Crippen LogP contribution in [0.15, 0.2) is 23.4 Å². The lowest BCUT2D eigenvalue weighted by atomic mass is 10.0. The second kappa shape index (κ2) is 4.65. The van der Waals surface area contributed by atoms with E-state index >= 15 is 0 Å². The Morgan fingerprint density at radius 1 is 1.60 bits per heavy atom. The Kier molecular flexibility index (Phi) is 3.51. The molecule has 0 saturated heterocycles. The number of hydrogen-bond donors (Lipinski definition) is 2. The lowest BCUT2D eigenvalue weighted by molar-refractivity contribution is -0.138. The Bertz CT molecular complexity index is 390. The zero-order valence-corrected chi connectivity index (χ0v) is 8.30. The van der Waals surface area contributed by atoms with Crippen molar-refractivity contribution < 1.29 is 9.90 Å². The van der Waals surface area contributed by atoms with Crippen LogP contribution in [0, 0.1) is 11.8 Å². The molecule has 5 nitrogen and oxygen atoms in total. The molecule has 0 fully saturated rings. The molecule has 0 aliphatic rings. The topological polar surface area (TPSA) is 92.8 Å². The molecule has 1 atom stereocenters. The second-order valence-electron chi connectivity index (χ2n) is 3.35. The van der Waals surface area contributed by atoms with Gasteiger partial charge in [-0.3, -0.25) is 4.79 Å². The standard InChI is InChI=1S/C10H12N2O3/c1-6-2-3-8(12-15)4-7(6)5-9(11)10(13)14/h2-4,9H,5,11H2,1H3,(H,13,14). The summed E-state index contributed by atoms with van der Waals surface area (Å²) in [5, 5.41) is 11.4. The molecule has 80 valence electrons. The predicted octanol–water partition coefficient (Wildman–Crippen LogP) is 1.35. The third-order valence-corrected chi connectivity index (χ3v) is 2.20. The zero-order valence-electron chi connectivity index (χ0n) is 8.30. The summed E-state index contributed by atoms with van der Waals surface area (Å²) in [6.07, 6.45) is 0.199. The molecular formula is C10H12N2O3. The van der Waals surface area contributed by atoms with Crippen molar-refractivity contribution in [1.82, 2.24) is 0 Å². The molecule has 0 aliphatic carbocycles. The molecule has 0 spiro atoms. The molecule has 5 heteroatoms. The van der Waals surface area contributed by atoms with E-state index in [1.807, 2.05) is 6.92 Å². The van der Waals surface area contributed by atoms with Gasteiger partial charge in [-0.1, -0.05) is 6.07 Å². The van der Waals surface area contributed by atoms with Crippen LogP contribution >= 0.6 is 0 Å². The highest BCUT2D eigenvalue weighted by molar-refractivity contribution is 5.73. The third-order valence-electron chi connectivity index (χ3n) is 2.20. The zero-order chi connectivity index (χ0) is 11.4. The molecule has 0 amide bonds. The molecule has 1 aromatic carbocycles. The monoisotopic (exact) mass is 208 g/mol. The van der Waals surface area contributed by atoms with Gasteiger partial charge >= 0.3 is 5.97 Å². The average molecular weight is 208 g/mol. The highest BCUT2D eigenvalue weighted by Crippen LogP contribution is 2.18. The maximum Gasteiger partial charge on any atom is 0.320 e. The fourth-order valence-corrected chi connectivity index (χ4v) is 1.26. The largest absolute Gasteiger partial charge is 0.480 e. The van der Waals surface area contributed by atoms with Crippen molar-refractivity contribution >= 4 is 11.7 Å². The summed E-state index contributed by atoms with van der Waals surface area (Å²) in [5.41, 5.74) is 7.33. The molecule has 0 saturated carbocycles. The number of rotatable bonds is 4. The Balaban J connectivity index is 2.92. The van der Waals surface area contributed by atoms with Crippen molar-refractivity contribution in [2.45, 2.75) is 19.4 Å². The molecule has 3 N–H and O–H groups in total. The minimum absolute atomic E-state index is 0.199. The predicted molar refractivity (Wildman–Crippen MR) is 55.9 cm³/mol. The number of aryl methyl sites for hydroxylation is 1. The molecule has 0 radical (unpaired) electrons. The van der Waals surface area contributed by atoms with Gasteiger partial charge in [-0.05, 0) is 41.8 Å². The summed E-state index contributed by atoms with van der Waals surface area (Å²) < 4.78 is 0. The summed E-state index contributed by atoms with van der Waals surface area (Å²) in [5.74, 6) is -1.06. The van der Waals surface area contributed by atoms with E-state index in [-0.39, 0.29) is 12.1 Å². The first-order chi connectivity index (χ1) is 7.04. The van der Waals surface area contributed by atoms with Gasteiger partial charge in [0.1, 0.15) is 11.7 Å². The van der Waals surface area contributed by atoms with Gasteiger partial charge in [0.15, 0.2) is 0 Å². The van der Waals surface area contributed by atoms with Crippen LogP contribution < -0.4 is 5.73 Å². The number of nitrogens with two attached hydrogens (primary N) is 1.